The fourth-order valence-electron chi connectivity index (χ4n) is 4.46. The van der Waals surface area contributed by atoms with Crippen LogP contribution in [0.4, 0.5) is 17.1 Å². The normalized spacial score (nSPS) is 11.2. The predicted octanol–water partition coefficient (Wildman–Crippen LogP) is 10.7. The van der Waals surface area contributed by atoms with Gasteiger partial charge in [-0.2, -0.15) is 0 Å². The molecule has 0 unspecified atom stereocenters. The molecule has 0 radical (unpaired) electrons. The smallest absolute Gasteiger partial charge is 0.0604 e. The van der Waals surface area contributed by atoms with Gasteiger partial charge in [-0.15, -0.1) is 11.3 Å². The lowest BCUT2D eigenvalue weighted by Gasteiger charge is -2.28. The first-order valence-corrected chi connectivity index (χ1v) is 13.4. The van der Waals surface area contributed by atoms with E-state index < -0.39 is 0 Å². The van der Waals surface area contributed by atoms with E-state index in [1.54, 1.807) is 0 Å². The van der Waals surface area contributed by atoms with Crippen LogP contribution >= 0.6 is 43.2 Å². The highest BCUT2D eigenvalue weighted by molar-refractivity contribution is 9.11. The third-order valence-corrected chi connectivity index (χ3v) is 8.57. The van der Waals surface area contributed by atoms with Gasteiger partial charge in [-0.1, -0.05) is 72.8 Å². The maximum absolute atomic E-state index is 3.78. The third-order valence-electron chi connectivity index (χ3n) is 6.01. The summed E-state index contributed by atoms with van der Waals surface area (Å²) in [6.07, 6.45) is 0. The first kappa shape index (κ1) is 21.6. The fourth-order valence-corrected chi connectivity index (χ4v) is 6.62. The number of thiophene rings is 1. The van der Waals surface area contributed by atoms with E-state index in [2.05, 4.69) is 140 Å². The van der Waals surface area contributed by atoms with Gasteiger partial charge in [-0.25, -0.2) is 0 Å². The molecule has 5 aromatic carbocycles. The summed E-state index contributed by atoms with van der Waals surface area (Å²) in [5, 5.41) is 2.64. The molecule has 0 spiro atoms. The number of anilines is 3. The highest BCUT2D eigenvalue weighted by Crippen LogP contribution is 2.44. The van der Waals surface area contributed by atoms with E-state index in [0.29, 0.717) is 0 Å². The van der Waals surface area contributed by atoms with Crippen molar-refractivity contribution in [2.24, 2.45) is 0 Å². The molecule has 0 atom stereocenters. The second kappa shape index (κ2) is 9.03. The molecular formula is C30H19Br2NS. The number of hydrogen-bond acceptors (Lipinski definition) is 2. The van der Waals surface area contributed by atoms with Crippen molar-refractivity contribution in [2.45, 2.75) is 0 Å². The minimum atomic E-state index is 1.04. The van der Waals surface area contributed by atoms with Crippen molar-refractivity contribution in [3.05, 3.63) is 124 Å². The van der Waals surface area contributed by atoms with E-state index in [0.717, 1.165) is 26.0 Å². The Labute approximate surface area is 219 Å². The van der Waals surface area contributed by atoms with Gasteiger partial charge in [0.1, 0.15) is 0 Å². The molecule has 0 aliphatic carbocycles. The van der Waals surface area contributed by atoms with Crippen LogP contribution in [-0.2, 0) is 0 Å². The Morgan fingerprint density at radius 2 is 1.18 bits per heavy atom. The topological polar surface area (TPSA) is 3.24 Å². The second-order valence-corrected chi connectivity index (χ2v) is 10.8. The summed E-state index contributed by atoms with van der Waals surface area (Å²) in [7, 11) is 0. The lowest BCUT2D eigenvalue weighted by molar-refractivity contribution is 1.26. The number of rotatable bonds is 4. The zero-order valence-electron chi connectivity index (χ0n) is 18.1. The molecule has 0 fully saturated rings. The molecule has 0 aliphatic rings. The van der Waals surface area contributed by atoms with Gasteiger partial charge in [-0.3, -0.25) is 0 Å². The van der Waals surface area contributed by atoms with E-state index in [-0.39, 0.29) is 0 Å². The van der Waals surface area contributed by atoms with E-state index in [1.807, 2.05) is 23.5 Å². The molecule has 0 amide bonds. The molecule has 6 rings (SSSR count). The van der Waals surface area contributed by atoms with Crippen molar-refractivity contribution in [3.63, 3.8) is 0 Å². The summed E-state index contributed by atoms with van der Waals surface area (Å²) in [5.41, 5.74) is 5.76. The zero-order chi connectivity index (χ0) is 23.1. The Balaban J connectivity index is 1.56. The maximum Gasteiger partial charge on any atom is 0.0604 e. The van der Waals surface area contributed by atoms with E-state index in [4.69, 9.17) is 0 Å². The predicted molar refractivity (Wildman–Crippen MR) is 155 cm³/mol. The number of halogens is 2. The fraction of sp³-hybridized carbons (Fsp3) is 0. The molecule has 0 N–H and O–H groups in total. The molecule has 0 saturated carbocycles. The summed E-state index contributed by atoms with van der Waals surface area (Å²) >= 11 is 9.42. The third kappa shape index (κ3) is 3.76. The summed E-state index contributed by atoms with van der Waals surface area (Å²) < 4.78 is 4.74. The van der Waals surface area contributed by atoms with Gasteiger partial charge >= 0.3 is 0 Å². The molecule has 0 bridgehead atoms. The second-order valence-electron chi connectivity index (χ2n) is 8.07. The molecular weight excluding hydrogens is 566 g/mol. The SMILES string of the molecule is Brc1ccccc1N(c1cccc(-c2cccc3c2sc2ccccc23)c1)c1ccccc1Br. The average Bonchev–Trinajstić information content (AvgIpc) is 3.26. The minimum absolute atomic E-state index is 1.04. The standard InChI is InChI=1S/C30H19Br2NS/c31-25-14-2-4-16-27(25)33(28-17-5-3-15-26(28)32)21-10-7-9-20(19-21)22-12-8-13-24-23-11-1-6-18-29(23)34-30(22)24/h1-19H. The molecule has 164 valence electrons. The van der Waals surface area contributed by atoms with Crippen LogP contribution in [0.5, 0.6) is 0 Å². The van der Waals surface area contributed by atoms with Gasteiger partial charge in [0.05, 0.1) is 11.4 Å². The Kier molecular flexibility index (Phi) is 5.74. The van der Waals surface area contributed by atoms with Crippen LogP contribution in [-0.4, -0.2) is 0 Å². The lowest BCUT2D eigenvalue weighted by atomic mass is 10.0. The van der Waals surface area contributed by atoms with Gasteiger partial charge in [-0.05, 0) is 85.5 Å². The van der Waals surface area contributed by atoms with Gasteiger partial charge in [0.15, 0.2) is 0 Å². The van der Waals surface area contributed by atoms with Gasteiger partial charge < -0.3 is 4.90 Å². The van der Waals surface area contributed by atoms with Gasteiger partial charge in [0.25, 0.3) is 0 Å². The largest absolute Gasteiger partial charge is 0.308 e. The minimum Gasteiger partial charge on any atom is -0.308 e. The molecule has 6 aromatic rings. The van der Waals surface area contributed by atoms with Crippen molar-refractivity contribution in [1.29, 1.82) is 0 Å². The number of para-hydroxylation sites is 2. The molecule has 0 saturated heterocycles. The Morgan fingerprint density at radius 1 is 0.559 bits per heavy atom. The van der Waals surface area contributed by atoms with Crippen molar-refractivity contribution in [2.75, 3.05) is 4.90 Å². The van der Waals surface area contributed by atoms with Crippen molar-refractivity contribution in [3.8, 4) is 11.1 Å². The summed E-state index contributed by atoms with van der Waals surface area (Å²) in [4.78, 5) is 2.29. The highest BCUT2D eigenvalue weighted by atomic mass is 79.9. The van der Waals surface area contributed by atoms with Crippen LogP contribution in [0.15, 0.2) is 124 Å². The lowest BCUT2D eigenvalue weighted by Crippen LogP contribution is -2.11. The molecule has 1 aromatic heterocycles. The number of nitrogens with zero attached hydrogens (tertiary/aromatic N) is 1. The molecule has 4 heteroatoms. The number of fused-ring (bicyclic) bond motifs is 3. The highest BCUT2D eigenvalue weighted by Gasteiger charge is 2.18. The van der Waals surface area contributed by atoms with Crippen LogP contribution in [0.25, 0.3) is 31.3 Å². The van der Waals surface area contributed by atoms with Crippen molar-refractivity contribution < 1.29 is 0 Å². The van der Waals surface area contributed by atoms with Gasteiger partial charge in [0.2, 0.25) is 0 Å². The van der Waals surface area contributed by atoms with E-state index in [1.165, 1.54) is 31.3 Å². The Hall–Kier alpha value is -2.92. The molecule has 0 aliphatic heterocycles. The average molecular weight is 585 g/mol. The molecule has 34 heavy (non-hydrogen) atoms. The first-order chi connectivity index (χ1) is 16.7. The van der Waals surface area contributed by atoms with Crippen LogP contribution in [0.1, 0.15) is 0 Å². The van der Waals surface area contributed by atoms with Gasteiger partial charge in [0, 0.05) is 34.8 Å². The maximum atomic E-state index is 3.78. The first-order valence-electron chi connectivity index (χ1n) is 11.0. The summed E-state index contributed by atoms with van der Waals surface area (Å²) in [6, 6.07) is 40.8. The van der Waals surface area contributed by atoms with Crippen LogP contribution in [0, 0.1) is 0 Å². The Bertz CT molecular complexity index is 1610. The van der Waals surface area contributed by atoms with Crippen molar-refractivity contribution >= 4 is 80.4 Å². The van der Waals surface area contributed by atoms with Crippen LogP contribution < -0.4 is 4.90 Å². The molecule has 1 nitrogen and oxygen atoms in total. The van der Waals surface area contributed by atoms with Crippen LogP contribution in [0.3, 0.4) is 0 Å². The van der Waals surface area contributed by atoms with E-state index in [9.17, 15) is 0 Å². The van der Waals surface area contributed by atoms with Crippen molar-refractivity contribution in [1.82, 2.24) is 0 Å². The summed E-state index contributed by atoms with van der Waals surface area (Å²) in [6.45, 7) is 0. The quantitative estimate of drug-likeness (QED) is 0.199. The van der Waals surface area contributed by atoms with Crippen LogP contribution in [0.2, 0.25) is 0 Å². The number of benzene rings is 5. The van der Waals surface area contributed by atoms with E-state index >= 15 is 0 Å². The Morgan fingerprint density at radius 3 is 1.91 bits per heavy atom. The molecule has 1 heterocycles. The number of hydrogen-bond donors (Lipinski definition) is 0. The zero-order valence-corrected chi connectivity index (χ0v) is 22.1. The monoisotopic (exact) mass is 583 g/mol. The summed E-state index contributed by atoms with van der Waals surface area (Å²) in [5.74, 6) is 0.